The van der Waals surface area contributed by atoms with Gasteiger partial charge in [-0.15, -0.1) is 0 Å². The first-order valence-electron chi connectivity index (χ1n) is 7.24. The maximum atomic E-state index is 3.86. The van der Waals surface area contributed by atoms with Crippen molar-refractivity contribution in [3.63, 3.8) is 0 Å². The van der Waals surface area contributed by atoms with Crippen LogP contribution in [0.1, 0.15) is 51.0 Å². The van der Waals surface area contributed by atoms with Crippen molar-refractivity contribution in [1.29, 1.82) is 0 Å². The van der Waals surface area contributed by atoms with Gasteiger partial charge in [0.1, 0.15) is 0 Å². The Hall–Kier alpha value is -0.0900. The maximum absolute atomic E-state index is 3.86. The summed E-state index contributed by atoms with van der Waals surface area (Å²) in [6.45, 7) is 3.51. The molecule has 1 fully saturated rings. The standard InChI is InChI=1S/C16H24IN/c1-2-10-16(11-4-3-5-12-18-16)13-14-6-8-15(17)9-7-14/h6-9,18H,2-5,10-13H2,1H3. The lowest BCUT2D eigenvalue weighted by Gasteiger charge is -2.34. The predicted octanol–water partition coefficient (Wildman–Crippen LogP) is 4.54. The molecule has 0 aromatic heterocycles. The lowest BCUT2D eigenvalue weighted by atomic mass is 9.83. The molecule has 1 saturated heterocycles. The second-order valence-corrected chi connectivity index (χ2v) is 6.82. The van der Waals surface area contributed by atoms with E-state index in [1.165, 1.54) is 60.6 Å². The molecule has 1 nitrogen and oxygen atoms in total. The minimum Gasteiger partial charge on any atom is -0.311 e. The molecule has 1 unspecified atom stereocenters. The largest absolute Gasteiger partial charge is 0.311 e. The van der Waals surface area contributed by atoms with Crippen molar-refractivity contribution in [2.45, 2.75) is 57.4 Å². The van der Waals surface area contributed by atoms with Gasteiger partial charge in [-0.1, -0.05) is 38.3 Å². The molecule has 0 bridgehead atoms. The summed E-state index contributed by atoms with van der Waals surface area (Å²) < 4.78 is 1.33. The van der Waals surface area contributed by atoms with E-state index in [9.17, 15) is 0 Å². The third-order valence-electron chi connectivity index (χ3n) is 4.02. The summed E-state index contributed by atoms with van der Waals surface area (Å²) in [6, 6.07) is 9.05. The minimum absolute atomic E-state index is 0.359. The van der Waals surface area contributed by atoms with Crippen molar-refractivity contribution in [2.75, 3.05) is 6.54 Å². The summed E-state index contributed by atoms with van der Waals surface area (Å²) in [5.41, 5.74) is 1.84. The lowest BCUT2D eigenvalue weighted by molar-refractivity contribution is 0.288. The molecule has 1 N–H and O–H groups in total. The van der Waals surface area contributed by atoms with Gasteiger partial charge in [-0.3, -0.25) is 0 Å². The zero-order chi connectivity index (χ0) is 12.8. The van der Waals surface area contributed by atoms with Crippen LogP contribution in [0.5, 0.6) is 0 Å². The first-order valence-corrected chi connectivity index (χ1v) is 8.31. The molecule has 1 atom stereocenters. The van der Waals surface area contributed by atoms with Crippen molar-refractivity contribution < 1.29 is 0 Å². The highest BCUT2D eigenvalue weighted by Crippen LogP contribution is 2.28. The fourth-order valence-corrected chi connectivity index (χ4v) is 3.49. The Morgan fingerprint density at radius 1 is 1.17 bits per heavy atom. The second-order valence-electron chi connectivity index (χ2n) is 5.57. The van der Waals surface area contributed by atoms with E-state index in [1.54, 1.807) is 0 Å². The van der Waals surface area contributed by atoms with Gasteiger partial charge in [0.05, 0.1) is 0 Å². The summed E-state index contributed by atoms with van der Waals surface area (Å²) in [6.07, 6.45) is 9.24. The van der Waals surface area contributed by atoms with Crippen LogP contribution in [0, 0.1) is 3.57 Å². The van der Waals surface area contributed by atoms with E-state index in [4.69, 9.17) is 0 Å². The van der Waals surface area contributed by atoms with Crippen LogP contribution in [0.15, 0.2) is 24.3 Å². The van der Waals surface area contributed by atoms with Gasteiger partial charge >= 0.3 is 0 Å². The maximum Gasteiger partial charge on any atom is 0.0221 e. The summed E-state index contributed by atoms with van der Waals surface area (Å²) in [5.74, 6) is 0. The fourth-order valence-electron chi connectivity index (χ4n) is 3.13. The molecule has 1 heterocycles. The summed E-state index contributed by atoms with van der Waals surface area (Å²) in [7, 11) is 0. The number of benzene rings is 1. The van der Waals surface area contributed by atoms with Crippen LogP contribution in [-0.4, -0.2) is 12.1 Å². The quantitative estimate of drug-likeness (QED) is 0.781. The highest BCUT2D eigenvalue weighted by Gasteiger charge is 2.29. The summed E-state index contributed by atoms with van der Waals surface area (Å²) in [4.78, 5) is 0. The first-order chi connectivity index (χ1) is 8.74. The van der Waals surface area contributed by atoms with E-state index in [0.717, 1.165) is 0 Å². The van der Waals surface area contributed by atoms with Crippen LogP contribution in [0.4, 0.5) is 0 Å². The fraction of sp³-hybridized carbons (Fsp3) is 0.625. The van der Waals surface area contributed by atoms with Crippen LogP contribution < -0.4 is 5.32 Å². The Morgan fingerprint density at radius 2 is 1.94 bits per heavy atom. The molecule has 0 radical (unpaired) electrons. The van der Waals surface area contributed by atoms with Gasteiger partial charge in [-0.05, 0) is 72.5 Å². The van der Waals surface area contributed by atoms with Gasteiger partial charge in [-0.25, -0.2) is 0 Å². The smallest absolute Gasteiger partial charge is 0.0221 e. The highest BCUT2D eigenvalue weighted by molar-refractivity contribution is 14.1. The average molecular weight is 357 g/mol. The number of nitrogens with one attached hydrogen (secondary N) is 1. The predicted molar refractivity (Wildman–Crippen MR) is 87.0 cm³/mol. The van der Waals surface area contributed by atoms with Crippen molar-refractivity contribution in [3.8, 4) is 0 Å². The third-order valence-corrected chi connectivity index (χ3v) is 4.74. The van der Waals surface area contributed by atoms with Gasteiger partial charge in [0.25, 0.3) is 0 Å². The van der Waals surface area contributed by atoms with Crippen molar-refractivity contribution in [1.82, 2.24) is 5.32 Å². The molecular weight excluding hydrogens is 333 g/mol. The molecule has 1 aromatic carbocycles. The van der Waals surface area contributed by atoms with E-state index in [0.29, 0.717) is 5.54 Å². The van der Waals surface area contributed by atoms with Crippen LogP contribution in [-0.2, 0) is 6.42 Å². The summed E-state index contributed by atoms with van der Waals surface area (Å²) in [5, 5.41) is 3.86. The molecule has 100 valence electrons. The Morgan fingerprint density at radius 3 is 2.67 bits per heavy atom. The highest BCUT2D eigenvalue weighted by atomic mass is 127. The molecule has 2 rings (SSSR count). The molecule has 0 amide bonds. The van der Waals surface area contributed by atoms with Gasteiger partial charge in [0.15, 0.2) is 0 Å². The molecule has 1 aliphatic rings. The van der Waals surface area contributed by atoms with E-state index in [2.05, 4.69) is 59.1 Å². The Kier molecular flexibility index (Phi) is 5.49. The Labute approximate surface area is 125 Å². The van der Waals surface area contributed by atoms with Crippen LogP contribution in [0.2, 0.25) is 0 Å². The SMILES string of the molecule is CCCC1(Cc2ccc(I)cc2)CCCCCN1. The van der Waals surface area contributed by atoms with Gasteiger partial charge in [-0.2, -0.15) is 0 Å². The van der Waals surface area contributed by atoms with Gasteiger partial charge in [0.2, 0.25) is 0 Å². The molecular formula is C16H24IN. The Balaban J connectivity index is 2.11. The number of halogens is 1. The van der Waals surface area contributed by atoms with Crippen molar-refractivity contribution >= 4 is 22.6 Å². The molecule has 0 saturated carbocycles. The molecule has 0 aliphatic carbocycles. The van der Waals surface area contributed by atoms with Crippen LogP contribution in [0.3, 0.4) is 0 Å². The van der Waals surface area contributed by atoms with Crippen molar-refractivity contribution in [2.24, 2.45) is 0 Å². The topological polar surface area (TPSA) is 12.0 Å². The number of rotatable bonds is 4. The molecule has 1 aliphatic heterocycles. The second kappa shape index (κ2) is 6.90. The zero-order valence-corrected chi connectivity index (χ0v) is 13.5. The van der Waals surface area contributed by atoms with E-state index >= 15 is 0 Å². The molecule has 2 heteroatoms. The number of hydrogen-bond donors (Lipinski definition) is 1. The summed E-state index contributed by atoms with van der Waals surface area (Å²) >= 11 is 2.38. The average Bonchev–Trinajstić information content (AvgIpc) is 2.59. The van der Waals surface area contributed by atoms with E-state index < -0.39 is 0 Å². The van der Waals surface area contributed by atoms with Crippen LogP contribution in [0.25, 0.3) is 0 Å². The van der Waals surface area contributed by atoms with E-state index in [-0.39, 0.29) is 0 Å². The lowest BCUT2D eigenvalue weighted by Crippen LogP contribution is -2.46. The molecule has 18 heavy (non-hydrogen) atoms. The van der Waals surface area contributed by atoms with Gasteiger partial charge in [0, 0.05) is 9.11 Å². The normalized spacial score (nSPS) is 24.8. The monoisotopic (exact) mass is 357 g/mol. The van der Waals surface area contributed by atoms with Crippen molar-refractivity contribution in [3.05, 3.63) is 33.4 Å². The number of hydrogen-bond acceptors (Lipinski definition) is 1. The van der Waals surface area contributed by atoms with Gasteiger partial charge < -0.3 is 5.32 Å². The van der Waals surface area contributed by atoms with Crippen LogP contribution >= 0.6 is 22.6 Å². The van der Waals surface area contributed by atoms with E-state index in [1.807, 2.05) is 0 Å². The third kappa shape index (κ3) is 3.95. The minimum atomic E-state index is 0.359. The molecule has 0 spiro atoms. The zero-order valence-electron chi connectivity index (χ0n) is 11.3. The first kappa shape index (κ1) is 14.3. The molecule has 1 aromatic rings. The Bertz CT molecular complexity index is 350.